The molecule has 4 nitrogen and oxygen atoms in total. The van der Waals surface area contributed by atoms with Crippen LogP contribution in [0, 0.1) is 6.92 Å². The molecule has 0 amide bonds. The van der Waals surface area contributed by atoms with Gasteiger partial charge in [-0.15, -0.1) is 12.6 Å². The topological polar surface area (TPSA) is 67.5 Å². The molecular weight excluding hydrogens is 400 g/mol. The van der Waals surface area contributed by atoms with Crippen LogP contribution in [0.1, 0.15) is 29.3 Å². The fourth-order valence-corrected chi connectivity index (χ4v) is 2.32. The Bertz CT molecular complexity index is 1020. The smallest absolute Gasteiger partial charge is 0.196 e. The third-order valence-electron chi connectivity index (χ3n) is 3.53. The lowest BCUT2D eigenvalue weighted by Crippen LogP contribution is -2.05. The Morgan fingerprint density at radius 2 is 1.70 bits per heavy atom. The number of carbonyl (C=O) groups excluding carboxylic acids is 1. The van der Waals surface area contributed by atoms with Crippen molar-refractivity contribution in [2.24, 2.45) is 0 Å². The van der Waals surface area contributed by atoms with Crippen molar-refractivity contribution >= 4 is 58.1 Å². The molecule has 27 heavy (non-hydrogen) atoms. The third kappa shape index (κ3) is 6.41. The molecule has 0 unspecified atom stereocenters. The number of thiol groups is 1. The second kappa shape index (κ2) is 11.4. The number of fused-ring (bicyclic) bond motifs is 1. The number of benzene rings is 2. The minimum atomic E-state index is -0.0249. The van der Waals surface area contributed by atoms with Crippen molar-refractivity contribution in [1.29, 1.82) is 0 Å². The van der Waals surface area contributed by atoms with Crippen molar-refractivity contribution in [3.05, 3.63) is 69.9 Å². The fraction of sp³-hybridized carbons (Fsp3) is 0.150. The highest BCUT2D eigenvalue weighted by Gasteiger charge is 2.07. The molecule has 0 spiro atoms. The molecular formula is C20H18O4S3. The molecule has 0 aliphatic rings. The van der Waals surface area contributed by atoms with E-state index in [1.165, 1.54) is 6.07 Å². The predicted molar refractivity (Wildman–Crippen MR) is 117 cm³/mol. The average Bonchev–Trinajstić information content (AvgIpc) is 2.67. The lowest BCUT2D eigenvalue weighted by molar-refractivity contribution is 0.0985. The van der Waals surface area contributed by atoms with Crippen molar-refractivity contribution < 1.29 is 14.3 Å². The monoisotopic (exact) mass is 418 g/mol. The summed E-state index contributed by atoms with van der Waals surface area (Å²) in [5.41, 5.74) is 1.55. The summed E-state index contributed by atoms with van der Waals surface area (Å²) in [7, 11) is 0. The largest absolute Gasteiger partial charge is 0.507 e. The first-order valence-electron chi connectivity index (χ1n) is 7.89. The maximum atomic E-state index is 11.6. The van der Waals surface area contributed by atoms with Gasteiger partial charge < -0.3 is 9.52 Å². The van der Waals surface area contributed by atoms with Gasteiger partial charge in [-0.1, -0.05) is 31.2 Å². The minimum absolute atomic E-state index is 0.00755. The fourth-order valence-electron chi connectivity index (χ4n) is 2.12. The molecule has 0 aliphatic carbocycles. The van der Waals surface area contributed by atoms with E-state index < -0.39 is 0 Å². The summed E-state index contributed by atoms with van der Waals surface area (Å²) in [5.74, 6) is 0.0439. The molecule has 0 atom stereocenters. The Labute approximate surface area is 173 Å². The molecule has 1 heterocycles. The summed E-state index contributed by atoms with van der Waals surface area (Å²) < 4.78 is 7.25. The molecule has 3 aromatic rings. The van der Waals surface area contributed by atoms with Crippen LogP contribution in [0.5, 0.6) is 5.75 Å². The van der Waals surface area contributed by atoms with Gasteiger partial charge in [0.2, 0.25) is 0 Å². The van der Waals surface area contributed by atoms with Crippen LogP contribution in [0.15, 0.2) is 62.8 Å². The molecule has 0 radical (unpaired) electrons. The maximum absolute atomic E-state index is 11.6. The highest BCUT2D eigenvalue weighted by atomic mass is 32.1. The Morgan fingerprint density at radius 3 is 2.30 bits per heavy atom. The number of para-hydroxylation sites is 2. The molecule has 1 aromatic heterocycles. The summed E-state index contributed by atoms with van der Waals surface area (Å²) in [6.07, 6.45) is 0.428. The number of Topliss-reactive ketones (excluding diaryl/α,β-unsaturated/α-hetero) is 1. The van der Waals surface area contributed by atoms with Crippen LogP contribution in [-0.2, 0) is 0 Å². The second-order valence-electron chi connectivity index (χ2n) is 5.23. The lowest BCUT2D eigenvalue weighted by Gasteiger charge is -2.00. The lowest BCUT2D eigenvalue weighted by atomic mass is 10.1. The van der Waals surface area contributed by atoms with Gasteiger partial charge in [-0.3, -0.25) is 9.59 Å². The van der Waals surface area contributed by atoms with Crippen LogP contribution in [0.25, 0.3) is 11.0 Å². The van der Waals surface area contributed by atoms with Crippen LogP contribution in [-0.4, -0.2) is 15.2 Å². The molecule has 7 heteroatoms. The number of hydrogen-bond acceptors (Lipinski definition) is 7. The first kappa shape index (κ1) is 22.7. The zero-order valence-corrected chi connectivity index (χ0v) is 17.3. The number of phenols is 1. The molecule has 0 saturated heterocycles. The van der Waals surface area contributed by atoms with Crippen LogP contribution >= 0.6 is 37.1 Å². The number of ketones is 1. The van der Waals surface area contributed by atoms with E-state index >= 15 is 0 Å². The molecule has 2 aromatic carbocycles. The molecule has 3 rings (SSSR count). The van der Waals surface area contributed by atoms with Crippen LogP contribution in [0.4, 0.5) is 0 Å². The number of rotatable bonds is 2. The van der Waals surface area contributed by atoms with Gasteiger partial charge in [-0.25, -0.2) is 0 Å². The zero-order valence-electron chi connectivity index (χ0n) is 14.8. The standard InChI is InChI=1S/C10H8O2S.C9H10O2.CS2/c1-6-9(11)7-4-2-3-5-8(7)12-10(6)13;1-2-8(10)7-5-3-4-6-9(7)11;2-1-3/h2-5,13H,1H3;3-6,11H,2H2,1H3;. The second-order valence-corrected chi connectivity index (χ2v) is 6.31. The Morgan fingerprint density at radius 1 is 1.15 bits per heavy atom. The SMILES string of the molecule is CCC(=O)c1ccccc1O.Cc1c(S)oc2ccccc2c1=O.S=C=S. The Hall–Kier alpha value is -2.31. The number of phenolic OH excluding ortho intramolecular Hbond substituents is 1. The first-order chi connectivity index (χ1) is 12.9. The van der Waals surface area contributed by atoms with Gasteiger partial charge in [0.1, 0.15) is 11.3 Å². The number of carbonyl (C=O) groups is 1. The van der Waals surface area contributed by atoms with Gasteiger partial charge in [0, 0.05) is 16.3 Å². The Kier molecular flexibility index (Phi) is 9.61. The molecule has 0 fully saturated rings. The van der Waals surface area contributed by atoms with Crippen molar-refractivity contribution in [3.8, 4) is 5.75 Å². The van der Waals surface area contributed by atoms with E-state index in [0.717, 1.165) is 0 Å². The quantitative estimate of drug-likeness (QED) is 0.330. The van der Waals surface area contributed by atoms with Crippen molar-refractivity contribution in [3.63, 3.8) is 0 Å². The number of hydrogen-bond donors (Lipinski definition) is 2. The van der Waals surface area contributed by atoms with E-state index in [0.29, 0.717) is 33.6 Å². The van der Waals surface area contributed by atoms with Crippen molar-refractivity contribution in [2.75, 3.05) is 0 Å². The third-order valence-corrected chi connectivity index (χ3v) is 3.95. The van der Waals surface area contributed by atoms with Crippen molar-refractivity contribution in [1.82, 2.24) is 0 Å². The van der Waals surface area contributed by atoms with E-state index in [4.69, 9.17) is 4.42 Å². The predicted octanol–water partition coefficient (Wildman–Crippen LogP) is 5.39. The summed E-state index contributed by atoms with van der Waals surface area (Å²) in [5, 5.41) is 10.2. The molecule has 0 aliphatic heterocycles. The van der Waals surface area contributed by atoms with Crippen LogP contribution in [0.2, 0.25) is 0 Å². The minimum Gasteiger partial charge on any atom is -0.507 e. The molecule has 1 N–H and O–H groups in total. The van der Waals surface area contributed by atoms with Gasteiger partial charge >= 0.3 is 0 Å². The van der Waals surface area contributed by atoms with E-state index in [-0.39, 0.29) is 17.0 Å². The van der Waals surface area contributed by atoms with Gasteiger partial charge in [-0.2, -0.15) is 0 Å². The highest BCUT2D eigenvalue weighted by molar-refractivity contribution is 7.93. The van der Waals surface area contributed by atoms with E-state index in [2.05, 4.69) is 37.1 Å². The number of thiocarbonyl (C=S) groups is 2. The van der Waals surface area contributed by atoms with Crippen molar-refractivity contribution in [2.45, 2.75) is 25.4 Å². The van der Waals surface area contributed by atoms with Crippen LogP contribution < -0.4 is 5.43 Å². The Balaban J connectivity index is 0.000000239. The van der Waals surface area contributed by atoms with Gasteiger partial charge in [-0.05, 0) is 55.6 Å². The van der Waals surface area contributed by atoms with E-state index in [9.17, 15) is 14.7 Å². The summed E-state index contributed by atoms with van der Waals surface area (Å²) in [6, 6.07) is 13.7. The summed E-state index contributed by atoms with van der Waals surface area (Å²) in [4.78, 5) is 22.7. The summed E-state index contributed by atoms with van der Waals surface area (Å²) in [6.45, 7) is 3.48. The van der Waals surface area contributed by atoms with Gasteiger partial charge in [0.25, 0.3) is 0 Å². The number of aromatic hydroxyl groups is 1. The van der Waals surface area contributed by atoms with Crippen LogP contribution in [0.3, 0.4) is 0 Å². The molecule has 0 saturated carbocycles. The zero-order chi connectivity index (χ0) is 20.4. The highest BCUT2D eigenvalue weighted by Crippen LogP contribution is 2.17. The van der Waals surface area contributed by atoms with E-state index in [1.54, 1.807) is 44.2 Å². The first-order valence-corrected chi connectivity index (χ1v) is 9.15. The normalized spacial score (nSPS) is 9.30. The maximum Gasteiger partial charge on any atom is 0.196 e. The molecule has 0 bridgehead atoms. The van der Waals surface area contributed by atoms with Gasteiger partial charge in [0.05, 0.1) is 10.9 Å². The average molecular weight is 419 g/mol. The molecule has 140 valence electrons. The summed E-state index contributed by atoms with van der Waals surface area (Å²) >= 11 is 12.0. The van der Waals surface area contributed by atoms with Gasteiger partial charge in [0.15, 0.2) is 16.3 Å². The van der Waals surface area contributed by atoms with E-state index in [1.807, 2.05) is 16.4 Å².